The molecule has 1 amide bonds. The Morgan fingerprint density at radius 1 is 1.17 bits per heavy atom. The number of hydrogen-bond acceptors (Lipinski definition) is 7. The van der Waals surface area contributed by atoms with Crippen LogP contribution < -0.4 is 0 Å². The smallest absolute Gasteiger partial charge is 0.416 e. The predicted molar refractivity (Wildman–Crippen MR) is 91.2 cm³/mol. The molecule has 0 radical (unpaired) electrons. The zero-order chi connectivity index (χ0) is 22.1. The number of nitrogens with zero attached hydrogens (tertiary/aromatic N) is 6. The van der Waals surface area contributed by atoms with Crippen molar-refractivity contribution < 1.29 is 36.3 Å². The lowest BCUT2D eigenvalue weighted by Crippen LogP contribution is -2.59. The Balaban J connectivity index is 1.79. The molecular weight excluding hydrogens is 433 g/mol. The molecule has 1 aromatic carbocycles. The summed E-state index contributed by atoms with van der Waals surface area (Å²) in [5.41, 5.74) is -1.03. The Morgan fingerprint density at radius 2 is 1.83 bits per heavy atom. The van der Waals surface area contributed by atoms with Gasteiger partial charge in [-0.1, -0.05) is 0 Å². The van der Waals surface area contributed by atoms with Crippen LogP contribution in [0, 0.1) is 0 Å². The van der Waals surface area contributed by atoms with Crippen LogP contribution in [0.3, 0.4) is 0 Å². The second-order valence-electron chi connectivity index (χ2n) is 6.30. The zero-order valence-electron chi connectivity index (χ0n) is 15.1. The molecule has 3 rings (SSSR count). The topological polar surface area (TPSA) is 139 Å². The van der Waals surface area contributed by atoms with E-state index >= 15 is 0 Å². The van der Waals surface area contributed by atoms with Crippen LogP contribution in [-0.4, -0.2) is 80.5 Å². The number of aromatic nitrogens is 4. The van der Waals surface area contributed by atoms with Crippen molar-refractivity contribution in [3.05, 3.63) is 36.2 Å². The molecule has 15 heteroatoms. The number of carboxylic acids is 1. The molecule has 0 aliphatic carbocycles. The summed E-state index contributed by atoms with van der Waals surface area (Å²) in [6, 6.07) is 1.13. The second kappa shape index (κ2) is 7.98. The first-order valence-corrected chi connectivity index (χ1v) is 9.84. The molecule has 1 atom stereocenters. The second-order valence-corrected chi connectivity index (χ2v) is 8.19. The van der Waals surface area contributed by atoms with Crippen molar-refractivity contribution in [1.29, 1.82) is 0 Å². The minimum Gasteiger partial charge on any atom is -0.480 e. The van der Waals surface area contributed by atoms with Crippen molar-refractivity contribution in [1.82, 2.24) is 29.4 Å². The molecule has 1 fully saturated rings. The summed E-state index contributed by atoms with van der Waals surface area (Å²) in [6.45, 7) is -1.21. The van der Waals surface area contributed by atoms with Crippen LogP contribution in [0.2, 0.25) is 0 Å². The van der Waals surface area contributed by atoms with Gasteiger partial charge in [-0.3, -0.25) is 9.59 Å². The molecule has 30 heavy (non-hydrogen) atoms. The third-order valence-corrected chi connectivity index (χ3v) is 6.35. The van der Waals surface area contributed by atoms with Crippen molar-refractivity contribution >= 4 is 21.9 Å². The lowest BCUT2D eigenvalue weighted by molar-refractivity contribution is -0.146. The third kappa shape index (κ3) is 4.40. The molecule has 0 bridgehead atoms. The fraction of sp³-hybridized carbons (Fsp3) is 0.400. The van der Waals surface area contributed by atoms with Crippen LogP contribution in [0.15, 0.2) is 35.5 Å². The molecule has 1 aliphatic rings. The first-order chi connectivity index (χ1) is 14.0. The van der Waals surface area contributed by atoms with E-state index in [1.807, 2.05) is 0 Å². The summed E-state index contributed by atoms with van der Waals surface area (Å²) in [5.74, 6) is -2.03. The Bertz CT molecular complexity index is 1030. The van der Waals surface area contributed by atoms with Gasteiger partial charge in [-0.15, -0.1) is 10.2 Å². The van der Waals surface area contributed by atoms with Crippen LogP contribution in [0.25, 0.3) is 0 Å². The molecule has 1 aliphatic heterocycles. The number of hydrogen-bond donors (Lipinski definition) is 1. The molecule has 2 heterocycles. The van der Waals surface area contributed by atoms with Crippen LogP contribution in [-0.2, 0) is 32.3 Å². The number of rotatable bonds is 5. The van der Waals surface area contributed by atoms with E-state index in [9.17, 15) is 36.3 Å². The SMILES string of the molecule is O=C(O)[C@H]1CN(C(=O)Cn2ncnn2)CCN1S(=O)(=O)c1ccc(C(F)(F)F)cc1. The standard InChI is InChI=1S/C15H15F3N6O5S/c16-15(17,18)10-1-3-11(4-2-10)30(28,29)23-6-5-22(7-12(23)14(26)27)13(25)8-24-20-9-19-21-24/h1-4,9,12H,5-8H2,(H,26,27)/t12-/m1/s1. The van der Waals surface area contributed by atoms with E-state index in [-0.39, 0.29) is 19.6 Å². The number of halogens is 3. The number of alkyl halides is 3. The van der Waals surface area contributed by atoms with E-state index in [1.165, 1.54) is 0 Å². The molecule has 2 aromatic rings. The first kappa shape index (κ1) is 21.6. The van der Waals surface area contributed by atoms with Crippen LogP contribution in [0.1, 0.15) is 5.56 Å². The van der Waals surface area contributed by atoms with E-state index in [0.717, 1.165) is 28.2 Å². The maximum atomic E-state index is 12.8. The van der Waals surface area contributed by atoms with Gasteiger partial charge >= 0.3 is 12.1 Å². The van der Waals surface area contributed by atoms with E-state index in [2.05, 4.69) is 15.4 Å². The lowest BCUT2D eigenvalue weighted by Gasteiger charge is -2.38. The number of carbonyl (C=O) groups is 2. The third-order valence-electron chi connectivity index (χ3n) is 4.43. The van der Waals surface area contributed by atoms with Gasteiger partial charge in [-0.05, 0) is 29.5 Å². The van der Waals surface area contributed by atoms with Crippen LogP contribution in [0.4, 0.5) is 13.2 Å². The summed E-state index contributed by atoms with van der Waals surface area (Å²) in [6.07, 6.45) is -3.53. The maximum absolute atomic E-state index is 12.8. The molecule has 0 unspecified atom stereocenters. The first-order valence-electron chi connectivity index (χ1n) is 8.40. The van der Waals surface area contributed by atoms with Gasteiger partial charge in [0.15, 0.2) is 6.33 Å². The highest BCUT2D eigenvalue weighted by Gasteiger charge is 2.41. The van der Waals surface area contributed by atoms with Gasteiger partial charge in [0.2, 0.25) is 15.9 Å². The number of piperazine rings is 1. The number of amides is 1. The van der Waals surface area contributed by atoms with Gasteiger partial charge in [0.05, 0.1) is 10.5 Å². The molecule has 0 spiro atoms. The number of benzene rings is 1. The quantitative estimate of drug-likeness (QED) is 0.657. The Morgan fingerprint density at radius 3 is 2.37 bits per heavy atom. The summed E-state index contributed by atoms with van der Waals surface area (Å²) < 4.78 is 64.5. The zero-order valence-corrected chi connectivity index (χ0v) is 15.9. The summed E-state index contributed by atoms with van der Waals surface area (Å²) in [4.78, 5) is 25.7. The van der Waals surface area contributed by atoms with Gasteiger partial charge in [0.25, 0.3) is 0 Å². The lowest BCUT2D eigenvalue weighted by atomic mass is 10.2. The highest BCUT2D eigenvalue weighted by atomic mass is 32.2. The van der Waals surface area contributed by atoms with Crippen LogP contribution >= 0.6 is 0 Å². The van der Waals surface area contributed by atoms with Crippen molar-refractivity contribution in [3.63, 3.8) is 0 Å². The highest BCUT2D eigenvalue weighted by Crippen LogP contribution is 2.30. The minimum absolute atomic E-state index is 0.114. The summed E-state index contributed by atoms with van der Waals surface area (Å²) in [7, 11) is -4.41. The average Bonchev–Trinajstić information content (AvgIpc) is 3.20. The Hall–Kier alpha value is -3.07. The molecule has 1 aromatic heterocycles. The molecule has 1 saturated heterocycles. The summed E-state index contributed by atoms with van der Waals surface area (Å²) >= 11 is 0. The summed E-state index contributed by atoms with van der Waals surface area (Å²) in [5, 5.41) is 20.1. The molecule has 162 valence electrons. The maximum Gasteiger partial charge on any atom is 0.416 e. The van der Waals surface area contributed by atoms with Crippen molar-refractivity contribution in [3.8, 4) is 0 Å². The van der Waals surface area contributed by atoms with Gasteiger partial charge in [0.1, 0.15) is 12.6 Å². The number of aliphatic carboxylic acids is 1. The molecule has 1 N–H and O–H groups in total. The highest BCUT2D eigenvalue weighted by molar-refractivity contribution is 7.89. The predicted octanol–water partition coefficient (Wildman–Crippen LogP) is -0.322. The molecule has 11 nitrogen and oxygen atoms in total. The van der Waals surface area contributed by atoms with Crippen LogP contribution in [0.5, 0.6) is 0 Å². The van der Waals surface area contributed by atoms with E-state index in [0.29, 0.717) is 16.4 Å². The molecular formula is C15H15F3N6O5S. The van der Waals surface area contributed by atoms with Gasteiger partial charge < -0.3 is 10.0 Å². The number of carbonyl (C=O) groups excluding carboxylic acids is 1. The van der Waals surface area contributed by atoms with Crippen molar-refractivity contribution in [2.45, 2.75) is 23.7 Å². The normalized spacial score (nSPS) is 18.4. The largest absolute Gasteiger partial charge is 0.480 e. The van der Waals surface area contributed by atoms with Crippen molar-refractivity contribution in [2.75, 3.05) is 19.6 Å². The monoisotopic (exact) mass is 448 g/mol. The van der Waals surface area contributed by atoms with E-state index in [1.54, 1.807) is 0 Å². The van der Waals surface area contributed by atoms with Crippen molar-refractivity contribution in [2.24, 2.45) is 0 Å². The number of carboxylic acid groups (broad SMARTS) is 1. The minimum atomic E-state index is -4.64. The van der Waals surface area contributed by atoms with E-state index < -0.39 is 51.1 Å². The van der Waals surface area contributed by atoms with E-state index in [4.69, 9.17) is 0 Å². The fourth-order valence-electron chi connectivity index (χ4n) is 2.91. The van der Waals surface area contributed by atoms with Gasteiger partial charge in [0, 0.05) is 19.6 Å². The fourth-order valence-corrected chi connectivity index (χ4v) is 4.48. The van der Waals surface area contributed by atoms with Gasteiger partial charge in [-0.25, -0.2) is 8.42 Å². The average molecular weight is 448 g/mol. The number of tetrazole rings is 1. The Kier molecular flexibility index (Phi) is 5.76. The molecule has 0 saturated carbocycles. The Labute approximate surface area is 167 Å². The number of sulfonamides is 1. The van der Waals surface area contributed by atoms with Gasteiger partial charge in [-0.2, -0.15) is 22.3 Å².